The summed E-state index contributed by atoms with van der Waals surface area (Å²) in [5.41, 5.74) is 5.47. The molecule has 0 saturated carbocycles. The summed E-state index contributed by atoms with van der Waals surface area (Å²) in [6.07, 6.45) is 2.30. The third-order valence-electron chi connectivity index (χ3n) is 6.56. The van der Waals surface area contributed by atoms with Crippen molar-refractivity contribution in [2.24, 2.45) is 5.73 Å². The Bertz CT molecular complexity index is 1250. The number of nitrogens with two attached hydrogens (primary N) is 1. The minimum Gasteiger partial charge on any atom is -0.368 e. The van der Waals surface area contributed by atoms with E-state index in [1.165, 1.54) is 21.9 Å². The number of fused-ring (bicyclic) bond motifs is 1. The Kier molecular flexibility index (Phi) is 6.84. The number of amides is 3. The van der Waals surface area contributed by atoms with E-state index in [1.54, 1.807) is 31.2 Å². The van der Waals surface area contributed by atoms with Gasteiger partial charge in [-0.3, -0.25) is 14.4 Å². The average Bonchev–Trinajstić information content (AvgIpc) is 3.16. The number of carbonyl (C=O) groups is 3. The molecule has 2 saturated heterocycles. The summed E-state index contributed by atoms with van der Waals surface area (Å²) in [6.45, 7) is 2.23. The predicted molar refractivity (Wildman–Crippen MR) is 127 cm³/mol. The van der Waals surface area contributed by atoms with Crippen LogP contribution in [-0.2, 0) is 24.4 Å². The van der Waals surface area contributed by atoms with Gasteiger partial charge in [-0.15, -0.1) is 0 Å². The summed E-state index contributed by atoms with van der Waals surface area (Å²) >= 11 is 5.99. The van der Waals surface area contributed by atoms with E-state index in [4.69, 9.17) is 17.3 Å². The molecule has 34 heavy (non-hydrogen) atoms. The number of rotatable bonds is 6. The molecule has 3 atom stereocenters. The van der Waals surface area contributed by atoms with Gasteiger partial charge in [0.1, 0.15) is 18.1 Å². The lowest BCUT2D eigenvalue weighted by Crippen LogP contribution is -2.56. The highest BCUT2D eigenvalue weighted by Crippen LogP contribution is 2.25. The predicted octanol–water partition coefficient (Wildman–Crippen LogP) is 1.63. The van der Waals surface area contributed by atoms with Crippen molar-refractivity contribution < 1.29 is 22.8 Å². The van der Waals surface area contributed by atoms with E-state index in [2.05, 4.69) is 4.72 Å². The lowest BCUT2D eigenvalue weighted by molar-refractivity contribution is -0.148. The van der Waals surface area contributed by atoms with Gasteiger partial charge in [-0.25, -0.2) is 8.42 Å². The van der Waals surface area contributed by atoms with Gasteiger partial charge in [0, 0.05) is 18.1 Å². The van der Waals surface area contributed by atoms with E-state index in [0.29, 0.717) is 23.4 Å². The standard InChI is InChI=1S/C23H27ClN4O5S/c1-14(22(30)28-10-3-2-4-20(28)21(25)29)27-11-9-19(23(27)31)26-34(32,33)18-8-6-15-12-17(24)7-5-16(15)13-18/h5-8,12-14,19-20,26H,2-4,9-11H2,1H3,(H2,25,29)/t14-,19-,20?/m0/s1. The molecule has 0 radical (unpaired) electrons. The largest absolute Gasteiger partial charge is 0.368 e. The van der Waals surface area contributed by atoms with Gasteiger partial charge >= 0.3 is 0 Å². The minimum atomic E-state index is -3.98. The Morgan fingerprint density at radius 1 is 1.09 bits per heavy atom. The van der Waals surface area contributed by atoms with Crippen LogP contribution in [0.15, 0.2) is 41.3 Å². The molecule has 2 aromatic carbocycles. The van der Waals surface area contributed by atoms with Crippen molar-refractivity contribution in [3.63, 3.8) is 0 Å². The van der Waals surface area contributed by atoms with Crippen LogP contribution < -0.4 is 10.5 Å². The molecule has 2 aliphatic heterocycles. The first kappa shape index (κ1) is 24.4. The molecule has 1 unspecified atom stereocenters. The van der Waals surface area contributed by atoms with E-state index in [1.807, 2.05) is 0 Å². The number of likely N-dealkylation sites (tertiary alicyclic amines) is 2. The van der Waals surface area contributed by atoms with Crippen molar-refractivity contribution in [2.45, 2.75) is 55.6 Å². The summed E-state index contributed by atoms with van der Waals surface area (Å²) in [6, 6.07) is 7.31. The first-order valence-electron chi connectivity index (χ1n) is 11.2. The first-order chi connectivity index (χ1) is 16.1. The number of benzene rings is 2. The van der Waals surface area contributed by atoms with E-state index in [0.717, 1.165) is 18.2 Å². The fourth-order valence-electron chi connectivity index (χ4n) is 4.68. The molecule has 2 heterocycles. The van der Waals surface area contributed by atoms with Crippen molar-refractivity contribution in [3.8, 4) is 0 Å². The fraction of sp³-hybridized carbons (Fsp3) is 0.435. The van der Waals surface area contributed by atoms with Gasteiger partial charge in [0.2, 0.25) is 27.7 Å². The van der Waals surface area contributed by atoms with Gasteiger partial charge in [0.25, 0.3) is 0 Å². The van der Waals surface area contributed by atoms with Gasteiger partial charge in [-0.05, 0) is 67.6 Å². The molecule has 182 valence electrons. The molecule has 2 aromatic rings. The number of primary amides is 1. The number of hydrogen-bond acceptors (Lipinski definition) is 5. The van der Waals surface area contributed by atoms with Gasteiger partial charge in [-0.2, -0.15) is 4.72 Å². The van der Waals surface area contributed by atoms with Gasteiger partial charge in [0.05, 0.1) is 4.90 Å². The molecule has 0 spiro atoms. The summed E-state index contributed by atoms with van der Waals surface area (Å²) < 4.78 is 28.5. The van der Waals surface area contributed by atoms with Gasteiger partial charge in [-0.1, -0.05) is 23.7 Å². The highest BCUT2D eigenvalue weighted by Gasteiger charge is 2.42. The molecular weight excluding hydrogens is 480 g/mol. The normalized spacial score (nSPS) is 22.2. The van der Waals surface area contributed by atoms with E-state index in [-0.39, 0.29) is 23.8 Å². The number of piperidine rings is 1. The lowest BCUT2D eigenvalue weighted by Gasteiger charge is -2.37. The van der Waals surface area contributed by atoms with Crippen LogP contribution in [0.4, 0.5) is 0 Å². The number of hydrogen-bond donors (Lipinski definition) is 2. The van der Waals surface area contributed by atoms with Crippen molar-refractivity contribution >= 4 is 50.1 Å². The molecule has 0 aliphatic carbocycles. The third-order valence-corrected chi connectivity index (χ3v) is 8.26. The van der Waals surface area contributed by atoms with Crippen molar-refractivity contribution in [1.82, 2.24) is 14.5 Å². The summed E-state index contributed by atoms with van der Waals surface area (Å²) in [7, 11) is -3.98. The molecule has 4 rings (SSSR count). The molecule has 3 amide bonds. The molecule has 9 nitrogen and oxygen atoms in total. The zero-order valence-corrected chi connectivity index (χ0v) is 20.3. The third kappa shape index (κ3) is 4.75. The Hall–Kier alpha value is -2.69. The Labute approximate surface area is 203 Å². The summed E-state index contributed by atoms with van der Waals surface area (Å²) in [4.78, 5) is 40.7. The molecule has 3 N–H and O–H groups in total. The Morgan fingerprint density at radius 2 is 1.79 bits per heavy atom. The molecule has 0 aromatic heterocycles. The molecule has 2 aliphatic rings. The zero-order valence-electron chi connectivity index (χ0n) is 18.7. The van der Waals surface area contributed by atoms with Crippen LogP contribution in [-0.4, -0.2) is 67.2 Å². The molecule has 11 heteroatoms. The zero-order chi connectivity index (χ0) is 24.6. The highest BCUT2D eigenvalue weighted by molar-refractivity contribution is 7.89. The van der Waals surface area contributed by atoms with Crippen molar-refractivity contribution in [3.05, 3.63) is 41.4 Å². The Balaban J connectivity index is 1.47. The maximum atomic E-state index is 13.1. The van der Waals surface area contributed by atoms with Crippen LogP contribution in [0, 0.1) is 0 Å². The number of halogens is 1. The van der Waals surface area contributed by atoms with Crippen molar-refractivity contribution in [1.29, 1.82) is 0 Å². The summed E-state index contributed by atoms with van der Waals surface area (Å²) in [5, 5.41) is 2.05. The topological polar surface area (TPSA) is 130 Å². The minimum absolute atomic E-state index is 0.0373. The molecule has 0 bridgehead atoms. The molecule has 2 fully saturated rings. The molecular formula is C23H27ClN4O5S. The maximum absolute atomic E-state index is 13.1. The van der Waals surface area contributed by atoms with Crippen LogP contribution in [0.25, 0.3) is 10.8 Å². The lowest BCUT2D eigenvalue weighted by atomic mass is 10.0. The Morgan fingerprint density at radius 3 is 2.53 bits per heavy atom. The number of nitrogens with one attached hydrogen (secondary N) is 1. The quantitative estimate of drug-likeness (QED) is 0.615. The van der Waals surface area contributed by atoms with Crippen LogP contribution >= 0.6 is 11.6 Å². The first-order valence-corrected chi connectivity index (χ1v) is 13.1. The monoisotopic (exact) mass is 506 g/mol. The van der Waals surface area contributed by atoms with Crippen LogP contribution in [0.3, 0.4) is 0 Å². The second-order valence-corrected chi connectivity index (χ2v) is 10.9. The number of sulfonamides is 1. The average molecular weight is 507 g/mol. The summed E-state index contributed by atoms with van der Waals surface area (Å²) in [5.74, 6) is -1.38. The highest BCUT2D eigenvalue weighted by atomic mass is 35.5. The van der Waals surface area contributed by atoms with Gasteiger partial charge < -0.3 is 15.5 Å². The smallest absolute Gasteiger partial charge is 0.245 e. The fourth-order valence-corrected chi connectivity index (χ4v) is 6.12. The number of carbonyl (C=O) groups excluding carboxylic acids is 3. The number of nitrogens with zero attached hydrogens (tertiary/aromatic N) is 2. The maximum Gasteiger partial charge on any atom is 0.245 e. The van der Waals surface area contributed by atoms with Crippen molar-refractivity contribution in [2.75, 3.05) is 13.1 Å². The van der Waals surface area contributed by atoms with E-state index in [9.17, 15) is 22.8 Å². The second-order valence-electron chi connectivity index (χ2n) is 8.77. The SMILES string of the molecule is C[C@@H](C(=O)N1CCCCC1C(N)=O)N1CC[C@H](NS(=O)(=O)c2ccc3cc(Cl)ccc3c2)C1=O. The van der Waals surface area contributed by atoms with Crippen LogP contribution in [0.1, 0.15) is 32.6 Å². The van der Waals surface area contributed by atoms with E-state index >= 15 is 0 Å². The van der Waals surface area contributed by atoms with Gasteiger partial charge in [0.15, 0.2) is 0 Å². The van der Waals surface area contributed by atoms with Crippen LogP contribution in [0.2, 0.25) is 5.02 Å². The van der Waals surface area contributed by atoms with Crippen LogP contribution in [0.5, 0.6) is 0 Å². The van der Waals surface area contributed by atoms with E-state index < -0.39 is 40.0 Å². The second kappa shape index (κ2) is 9.52.